The quantitative estimate of drug-likeness (QED) is 0.271. The molecule has 0 spiro atoms. The minimum Gasteiger partial charge on any atom is -0.410 e. The van der Waals surface area contributed by atoms with Crippen molar-refractivity contribution < 1.29 is 26.4 Å². The first-order chi connectivity index (χ1) is 12.4. The van der Waals surface area contributed by atoms with Crippen LogP contribution in [0.1, 0.15) is 21.0 Å². The molecule has 0 aliphatic carbocycles. The topological polar surface area (TPSA) is 108 Å². The van der Waals surface area contributed by atoms with E-state index in [0.717, 1.165) is 0 Å². The molecule has 0 aliphatic rings. The van der Waals surface area contributed by atoms with Gasteiger partial charge in [0.05, 0.1) is 0 Å². The Labute approximate surface area is 187 Å². The normalized spacial score (nSPS) is 8.59. The average Bonchev–Trinajstić information content (AvgIpc) is 2.66. The van der Waals surface area contributed by atoms with Crippen molar-refractivity contribution in [2.45, 2.75) is 0 Å². The Balaban J connectivity index is 0.000000483. The molecule has 13 heteroatoms. The molecular formula is C14H12CoN6O2S4. The molecule has 27 heavy (non-hydrogen) atoms. The summed E-state index contributed by atoms with van der Waals surface area (Å²) in [6.45, 7) is 0. The fourth-order valence-electron chi connectivity index (χ4n) is 1.34. The Morgan fingerprint density at radius 3 is 1.37 bits per heavy atom. The van der Waals surface area contributed by atoms with Crippen molar-refractivity contribution in [3.05, 3.63) is 60.2 Å². The zero-order chi connectivity index (χ0) is 19.4. The van der Waals surface area contributed by atoms with Gasteiger partial charge in [-0.1, -0.05) is 12.1 Å². The van der Waals surface area contributed by atoms with Crippen molar-refractivity contribution >= 4 is 70.1 Å². The van der Waals surface area contributed by atoms with Crippen molar-refractivity contribution in [3.8, 4) is 0 Å². The van der Waals surface area contributed by atoms with Gasteiger partial charge < -0.3 is 60.5 Å². The Kier molecular flexibility index (Phi) is 13.0. The standard InChI is InChI=1S/2C7H7N3OS2.Co/c2*11-6(9-10-7(12)13)5-3-1-2-4-8-5;/h2*1-4H,(H,9,11)(H2,10,12,13);/q;;+2/p-2. The summed E-state index contributed by atoms with van der Waals surface area (Å²) < 4.78 is 0.175. The van der Waals surface area contributed by atoms with E-state index in [0.29, 0.717) is 11.4 Å². The predicted molar refractivity (Wildman–Crippen MR) is 110 cm³/mol. The van der Waals surface area contributed by atoms with Gasteiger partial charge in [0.1, 0.15) is 11.4 Å². The third-order valence-corrected chi connectivity index (χ3v) is 2.76. The third-order valence-electron chi connectivity index (χ3n) is 2.35. The van der Waals surface area contributed by atoms with Crippen LogP contribution in [0, 0.1) is 0 Å². The van der Waals surface area contributed by atoms with Gasteiger partial charge >= 0.3 is 16.8 Å². The molecule has 0 unspecified atom stereocenters. The fraction of sp³-hybridized carbons (Fsp3) is 0. The second-order valence-corrected chi connectivity index (χ2v) is 6.31. The first kappa shape index (κ1) is 25.0. The van der Waals surface area contributed by atoms with E-state index in [1.54, 1.807) is 36.4 Å². The van der Waals surface area contributed by atoms with Crippen LogP contribution in [0.4, 0.5) is 0 Å². The largest absolute Gasteiger partial charge is 2.00 e. The van der Waals surface area contributed by atoms with Gasteiger partial charge in [-0.25, -0.2) is 0 Å². The van der Waals surface area contributed by atoms with E-state index in [1.165, 1.54) is 12.4 Å². The zero-order valence-corrected chi connectivity index (χ0v) is 17.6. The molecule has 4 N–H and O–H groups in total. The number of nitrogens with one attached hydrogen (secondary N) is 4. The molecule has 2 rings (SSSR count). The number of carbonyl (C=O) groups is 2. The van der Waals surface area contributed by atoms with Crippen LogP contribution in [0.25, 0.3) is 0 Å². The number of nitrogens with zero attached hydrogens (tertiary/aromatic N) is 2. The van der Waals surface area contributed by atoms with Crippen molar-refractivity contribution in [2.24, 2.45) is 0 Å². The molecule has 2 amide bonds. The Morgan fingerprint density at radius 2 is 1.11 bits per heavy atom. The number of aromatic nitrogens is 2. The maximum absolute atomic E-state index is 11.2. The fourth-order valence-corrected chi connectivity index (χ4v) is 1.54. The second kappa shape index (κ2) is 14.1. The number of rotatable bonds is 2. The minimum absolute atomic E-state index is 0. The van der Waals surface area contributed by atoms with Gasteiger partial charge in [0, 0.05) is 12.4 Å². The van der Waals surface area contributed by atoms with Gasteiger partial charge in [0.25, 0.3) is 11.8 Å². The molecule has 0 atom stereocenters. The van der Waals surface area contributed by atoms with Crippen LogP contribution < -0.4 is 21.7 Å². The molecule has 0 saturated carbocycles. The molecular weight excluding hydrogens is 471 g/mol. The minimum atomic E-state index is -0.368. The van der Waals surface area contributed by atoms with E-state index < -0.39 is 0 Å². The SMILES string of the molecule is O=C(NNC(=S)[S-])c1ccccn1.O=C(NNC(=S)[S-])c1ccccn1.[Co+2]. The molecule has 0 bridgehead atoms. The molecule has 1 radical (unpaired) electrons. The molecule has 2 aromatic rings. The molecule has 2 heterocycles. The summed E-state index contributed by atoms with van der Waals surface area (Å²) >= 11 is 18.1. The van der Waals surface area contributed by atoms with Gasteiger partial charge in [0.2, 0.25) is 0 Å². The summed E-state index contributed by atoms with van der Waals surface area (Å²) in [5.41, 5.74) is 9.92. The van der Waals surface area contributed by atoms with Crippen LogP contribution in [-0.4, -0.2) is 30.4 Å². The van der Waals surface area contributed by atoms with Crippen LogP contribution in [-0.2, 0) is 42.0 Å². The van der Waals surface area contributed by atoms with E-state index in [4.69, 9.17) is 0 Å². The molecule has 0 fully saturated rings. The van der Waals surface area contributed by atoms with Crippen LogP contribution in [0.5, 0.6) is 0 Å². The molecule has 0 aliphatic heterocycles. The van der Waals surface area contributed by atoms with Crippen molar-refractivity contribution in [3.63, 3.8) is 0 Å². The molecule has 8 nitrogen and oxygen atoms in total. The monoisotopic (exact) mass is 483 g/mol. The second-order valence-electron chi connectivity index (χ2n) is 4.16. The maximum atomic E-state index is 11.2. The number of thiocarbonyl (C=S) groups is 2. The van der Waals surface area contributed by atoms with E-state index in [9.17, 15) is 9.59 Å². The number of hydrazine groups is 2. The number of hydrogen-bond donors (Lipinski definition) is 4. The number of amides is 2. The number of pyridine rings is 2. The molecule has 143 valence electrons. The predicted octanol–water partition coefficient (Wildman–Crippen LogP) is 0.293. The van der Waals surface area contributed by atoms with Crippen LogP contribution >= 0.6 is 24.4 Å². The van der Waals surface area contributed by atoms with Crippen molar-refractivity contribution in [1.29, 1.82) is 0 Å². The summed E-state index contributed by atoms with van der Waals surface area (Å²) in [5, 5.41) is 0. The van der Waals surface area contributed by atoms with Gasteiger partial charge in [-0.05, 0) is 32.9 Å². The smallest absolute Gasteiger partial charge is 0.410 e. The van der Waals surface area contributed by atoms with Gasteiger partial charge in [-0.15, -0.1) is 0 Å². The average molecular weight is 483 g/mol. The van der Waals surface area contributed by atoms with Gasteiger partial charge in [-0.2, -0.15) is 0 Å². The Hall–Kier alpha value is -2.03. The Bertz CT molecular complexity index is 701. The van der Waals surface area contributed by atoms with E-state index in [2.05, 4.69) is 81.4 Å². The summed E-state index contributed by atoms with van der Waals surface area (Å²) in [6.07, 6.45) is 3.06. The maximum Gasteiger partial charge on any atom is 2.00 e. The molecule has 0 aromatic carbocycles. The van der Waals surface area contributed by atoms with Gasteiger partial charge in [0.15, 0.2) is 0 Å². The summed E-state index contributed by atoms with van der Waals surface area (Å²) in [4.78, 5) is 30.1. The van der Waals surface area contributed by atoms with E-state index in [1.807, 2.05) is 0 Å². The van der Waals surface area contributed by atoms with Crippen molar-refractivity contribution in [2.75, 3.05) is 0 Å². The van der Waals surface area contributed by atoms with E-state index in [-0.39, 0.29) is 37.2 Å². The molecule has 2 aromatic heterocycles. The zero-order valence-electron chi connectivity index (χ0n) is 13.3. The van der Waals surface area contributed by atoms with Crippen LogP contribution in [0.3, 0.4) is 0 Å². The van der Waals surface area contributed by atoms with Crippen LogP contribution in [0.2, 0.25) is 0 Å². The van der Waals surface area contributed by atoms with Crippen LogP contribution in [0.15, 0.2) is 48.8 Å². The third kappa shape index (κ3) is 11.3. The first-order valence-corrected chi connectivity index (χ1v) is 8.40. The summed E-state index contributed by atoms with van der Waals surface area (Å²) in [7, 11) is 0. The summed E-state index contributed by atoms with van der Waals surface area (Å²) in [6, 6.07) is 10.1. The number of carbonyl (C=O) groups excluding carboxylic acids is 2. The first-order valence-electron chi connectivity index (χ1n) is 6.77. The van der Waals surface area contributed by atoms with Gasteiger partial charge in [-0.3, -0.25) is 30.4 Å². The Morgan fingerprint density at radius 1 is 0.741 bits per heavy atom. The van der Waals surface area contributed by atoms with E-state index >= 15 is 0 Å². The number of hydrogen-bond acceptors (Lipinski definition) is 8. The van der Waals surface area contributed by atoms with Crippen molar-refractivity contribution in [1.82, 2.24) is 31.7 Å². The summed E-state index contributed by atoms with van der Waals surface area (Å²) in [5.74, 6) is -0.736. The molecule has 0 saturated heterocycles.